The van der Waals surface area contributed by atoms with E-state index in [0.29, 0.717) is 55.1 Å². The first-order valence-corrected chi connectivity index (χ1v) is 16.6. The minimum atomic E-state index is -0.987. The summed E-state index contributed by atoms with van der Waals surface area (Å²) >= 11 is 12.4. The van der Waals surface area contributed by atoms with Gasteiger partial charge in [-0.3, -0.25) is 14.3 Å². The molecule has 46 heavy (non-hydrogen) atoms. The molecule has 10 nitrogen and oxygen atoms in total. The number of carbonyl (C=O) groups excluding carboxylic acids is 2. The zero-order valence-electron chi connectivity index (χ0n) is 25.3. The van der Waals surface area contributed by atoms with Crippen LogP contribution in [-0.2, 0) is 16.0 Å². The Balaban J connectivity index is 0.00000417. The number of imidazole rings is 1. The lowest BCUT2D eigenvalue weighted by molar-refractivity contribution is -0.143. The Bertz CT molecular complexity index is 1520. The first-order chi connectivity index (χ1) is 21.9. The molecular weight excluding hydrogens is 627 g/mol. The number of amides is 2. The molecule has 1 atom stereocenters. The molecule has 3 aliphatic rings. The number of aromatic amines is 1. The van der Waals surface area contributed by atoms with Crippen molar-refractivity contribution >= 4 is 35.2 Å². The van der Waals surface area contributed by atoms with E-state index in [2.05, 4.69) is 15.2 Å². The van der Waals surface area contributed by atoms with E-state index in [-0.39, 0.29) is 31.5 Å². The number of hydrogen-bond acceptors (Lipinski definition) is 6. The van der Waals surface area contributed by atoms with Crippen LogP contribution in [-0.4, -0.2) is 101 Å². The van der Waals surface area contributed by atoms with E-state index in [9.17, 15) is 14.4 Å². The van der Waals surface area contributed by atoms with Gasteiger partial charge in [-0.05, 0) is 62.0 Å². The molecule has 1 aromatic heterocycles. The number of ether oxygens (including phenoxy) is 1. The van der Waals surface area contributed by atoms with Crippen molar-refractivity contribution in [1.29, 1.82) is 0 Å². The van der Waals surface area contributed by atoms with Crippen molar-refractivity contribution < 1.29 is 14.3 Å². The van der Waals surface area contributed by atoms with E-state index < -0.39 is 12.2 Å². The predicted octanol–water partition coefficient (Wildman–Crippen LogP) is 5.07. The fraction of sp³-hybridized carbons (Fsp3) is 0.500. The molecule has 2 amide bonds. The van der Waals surface area contributed by atoms with Gasteiger partial charge in [-0.15, -0.1) is 0 Å². The maximum atomic E-state index is 13.9. The number of rotatable bonds is 7. The highest BCUT2D eigenvalue weighted by Crippen LogP contribution is 2.27. The van der Waals surface area contributed by atoms with Crippen LogP contribution in [0.1, 0.15) is 44.7 Å². The van der Waals surface area contributed by atoms with Crippen LogP contribution in [0.2, 0.25) is 10.0 Å². The molecule has 3 fully saturated rings. The van der Waals surface area contributed by atoms with Crippen molar-refractivity contribution in [3.63, 3.8) is 0 Å². The van der Waals surface area contributed by atoms with Crippen LogP contribution in [0.5, 0.6) is 0 Å². The quantitative estimate of drug-likeness (QED) is 0.364. The Labute approximate surface area is 280 Å². The number of H-pyrrole nitrogens is 1. The van der Waals surface area contributed by atoms with Gasteiger partial charge in [0.05, 0.1) is 15.7 Å². The summed E-state index contributed by atoms with van der Waals surface area (Å²) in [5, 5.41) is 4.23. The SMILES string of the molecule is C.O=C(O[C@H](Cc1ccc(Cl)c(Cl)c1)C(=O)N1CCN(C2CCNCC2)CC1)N1CCC(n2cc(-c3ccccc3)[nH]c2=O)CC1. The van der Waals surface area contributed by atoms with Crippen molar-refractivity contribution in [2.45, 2.75) is 57.7 Å². The fourth-order valence-electron chi connectivity index (χ4n) is 6.71. The Kier molecular flexibility index (Phi) is 11.5. The minimum Gasteiger partial charge on any atom is -0.436 e. The molecule has 0 bridgehead atoms. The zero-order valence-corrected chi connectivity index (χ0v) is 26.8. The number of piperazine rings is 1. The molecular formula is C34H44Cl2N6O4. The second-order valence-electron chi connectivity index (χ2n) is 12.1. The lowest BCUT2D eigenvalue weighted by atomic mass is 10.0. The summed E-state index contributed by atoms with van der Waals surface area (Å²) in [6.07, 6.45) is 3.99. The third-order valence-electron chi connectivity index (χ3n) is 9.32. The highest BCUT2D eigenvalue weighted by Gasteiger charge is 2.34. The van der Waals surface area contributed by atoms with Gasteiger partial charge in [0.1, 0.15) is 0 Å². The standard InChI is InChI=1S/C33H40Cl2N6O4.CH4/c34-27-7-6-23(20-28(27)35)21-30(31(42)39-18-16-38(17-19-39)25-8-12-36-13-9-25)45-33(44)40-14-10-26(11-15-40)41-22-29(37-32(41)43)24-4-2-1-3-5-24;/h1-7,20,22,25-26,30,36H,8-19,21H2,(H,37,43);1H4/t30-;/m1./s1. The van der Waals surface area contributed by atoms with Gasteiger partial charge < -0.3 is 24.8 Å². The molecule has 3 aromatic rings. The summed E-state index contributed by atoms with van der Waals surface area (Å²) in [5.41, 5.74) is 2.31. The number of likely N-dealkylation sites (tertiary alicyclic amines) is 1. The zero-order chi connectivity index (χ0) is 31.3. The summed E-state index contributed by atoms with van der Waals surface area (Å²) in [7, 11) is 0. The van der Waals surface area contributed by atoms with Crippen molar-refractivity contribution in [2.24, 2.45) is 0 Å². The van der Waals surface area contributed by atoms with Crippen molar-refractivity contribution in [3.8, 4) is 11.3 Å². The molecule has 4 heterocycles. The molecule has 2 aromatic carbocycles. The van der Waals surface area contributed by atoms with E-state index in [4.69, 9.17) is 27.9 Å². The van der Waals surface area contributed by atoms with Crippen LogP contribution in [0.15, 0.2) is 59.5 Å². The van der Waals surface area contributed by atoms with Crippen LogP contribution in [0.3, 0.4) is 0 Å². The summed E-state index contributed by atoms with van der Waals surface area (Å²) in [4.78, 5) is 49.0. The Morgan fingerprint density at radius 1 is 0.848 bits per heavy atom. The maximum Gasteiger partial charge on any atom is 0.410 e. The molecule has 2 N–H and O–H groups in total. The van der Waals surface area contributed by atoms with E-state index in [0.717, 1.165) is 55.8 Å². The fourth-order valence-corrected chi connectivity index (χ4v) is 7.03. The summed E-state index contributed by atoms with van der Waals surface area (Å²) < 4.78 is 7.70. The number of benzene rings is 2. The Morgan fingerprint density at radius 2 is 1.54 bits per heavy atom. The molecule has 0 aliphatic carbocycles. The number of carbonyl (C=O) groups is 2. The number of aromatic nitrogens is 2. The molecule has 0 spiro atoms. The van der Waals surface area contributed by atoms with Gasteiger partial charge in [-0.1, -0.05) is 67.0 Å². The van der Waals surface area contributed by atoms with Crippen LogP contribution in [0, 0.1) is 0 Å². The average molecular weight is 672 g/mol. The second-order valence-corrected chi connectivity index (χ2v) is 12.9. The Morgan fingerprint density at radius 3 is 2.22 bits per heavy atom. The molecule has 0 radical (unpaired) electrons. The summed E-state index contributed by atoms with van der Waals surface area (Å²) in [6, 6.07) is 15.4. The third kappa shape index (κ3) is 7.97. The predicted molar refractivity (Wildman–Crippen MR) is 182 cm³/mol. The van der Waals surface area contributed by atoms with Crippen molar-refractivity contribution in [3.05, 3.63) is 80.8 Å². The monoisotopic (exact) mass is 670 g/mol. The average Bonchev–Trinajstić information content (AvgIpc) is 3.48. The van der Waals surface area contributed by atoms with Crippen LogP contribution < -0.4 is 11.0 Å². The van der Waals surface area contributed by atoms with Gasteiger partial charge in [0, 0.05) is 64.0 Å². The van der Waals surface area contributed by atoms with Crippen LogP contribution >= 0.6 is 23.2 Å². The molecule has 0 saturated carbocycles. The van der Waals surface area contributed by atoms with Gasteiger partial charge in [0.25, 0.3) is 5.91 Å². The van der Waals surface area contributed by atoms with Gasteiger partial charge >= 0.3 is 11.8 Å². The molecule has 12 heteroatoms. The van der Waals surface area contributed by atoms with E-state index in [1.165, 1.54) is 0 Å². The summed E-state index contributed by atoms with van der Waals surface area (Å²) in [5.74, 6) is -0.193. The first-order valence-electron chi connectivity index (χ1n) is 15.9. The first kappa shape index (κ1) is 34.0. The summed E-state index contributed by atoms with van der Waals surface area (Å²) in [6.45, 7) is 5.71. The van der Waals surface area contributed by atoms with Crippen LogP contribution in [0.25, 0.3) is 11.3 Å². The molecule has 3 saturated heterocycles. The van der Waals surface area contributed by atoms with Crippen molar-refractivity contribution in [1.82, 2.24) is 29.6 Å². The van der Waals surface area contributed by atoms with Crippen molar-refractivity contribution in [2.75, 3.05) is 52.4 Å². The lowest BCUT2D eigenvalue weighted by Gasteiger charge is -2.41. The molecule has 3 aliphatic heterocycles. The molecule has 248 valence electrons. The smallest absolute Gasteiger partial charge is 0.410 e. The highest BCUT2D eigenvalue weighted by molar-refractivity contribution is 6.42. The van der Waals surface area contributed by atoms with Gasteiger partial charge in [-0.2, -0.15) is 0 Å². The van der Waals surface area contributed by atoms with Gasteiger partial charge in [-0.25, -0.2) is 9.59 Å². The largest absolute Gasteiger partial charge is 0.436 e. The van der Waals surface area contributed by atoms with Crippen LogP contribution in [0.4, 0.5) is 4.79 Å². The highest BCUT2D eigenvalue weighted by atomic mass is 35.5. The normalized spacial score (nSPS) is 19.0. The number of nitrogens with zero attached hydrogens (tertiary/aromatic N) is 4. The van der Waals surface area contributed by atoms with Gasteiger partial charge in [0.2, 0.25) is 0 Å². The molecule has 6 rings (SSSR count). The maximum absolute atomic E-state index is 13.9. The number of nitrogens with one attached hydrogen (secondary N) is 2. The number of hydrogen-bond donors (Lipinski definition) is 2. The topological polar surface area (TPSA) is 103 Å². The molecule has 0 unspecified atom stereocenters. The van der Waals surface area contributed by atoms with E-state index >= 15 is 0 Å². The van der Waals surface area contributed by atoms with Gasteiger partial charge in [0.15, 0.2) is 6.10 Å². The van der Waals surface area contributed by atoms with E-state index in [1.54, 1.807) is 27.7 Å². The number of halogens is 2. The third-order valence-corrected chi connectivity index (χ3v) is 10.1. The number of piperidine rings is 2. The van der Waals surface area contributed by atoms with E-state index in [1.807, 2.05) is 41.4 Å². The second kappa shape index (κ2) is 15.5. The lowest BCUT2D eigenvalue weighted by Crippen LogP contribution is -2.56. The Hall–Kier alpha value is -3.31. The minimum absolute atomic E-state index is 0.